The van der Waals surface area contributed by atoms with E-state index in [1.54, 1.807) is 0 Å². The molecular formula is C27H24N2O. The number of ketones is 1. The van der Waals surface area contributed by atoms with Crippen molar-refractivity contribution in [1.29, 1.82) is 0 Å². The van der Waals surface area contributed by atoms with E-state index in [0.717, 1.165) is 33.4 Å². The van der Waals surface area contributed by atoms with Gasteiger partial charge in [-0.1, -0.05) is 72.8 Å². The van der Waals surface area contributed by atoms with Crippen LogP contribution in [0.15, 0.2) is 84.9 Å². The summed E-state index contributed by atoms with van der Waals surface area (Å²) in [5, 5.41) is 0. The van der Waals surface area contributed by atoms with E-state index in [9.17, 15) is 4.79 Å². The average molecular weight is 393 g/mol. The molecule has 0 spiro atoms. The zero-order valence-electron chi connectivity index (χ0n) is 17.1. The van der Waals surface area contributed by atoms with Crippen LogP contribution in [0.4, 0.5) is 11.4 Å². The second-order valence-corrected chi connectivity index (χ2v) is 7.60. The van der Waals surface area contributed by atoms with Gasteiger partial charge in [-0.15, -0.1) is 0 Å². The standard InChI is InChI=1S/C27H24N2O/c1-17-11-13-21(25(28)15-17)19-7-3-5-9-23(19)27(30)24-10-6-4-8-20(24)22-14-12-18(2)16-26(22)29/h3-16H,28-29H2,1-2H3. The molecule has 0 fully saturated rings. The largest absolute Gasteiger partial charge is 0.398 e. The SMILES string of the molecule is Cc1ccc(-c2ccccc2C(=O)c2ccccc2-c2ccc(C)cc2N)c(N)c1. The zero-order valence-corrected chi connectivity index (χ0v) is 17.1. The van der Waals surface area contributed by atoms with Crippen molar-refractivity contribution in [3.05, 3.63) is 107 Å². The Balaban J connectivity index is 1.87. The summed E-state index contributed by atoms with van der Waals surface area (Å²) >= 11 is 0. The maximum atomic E-state index is 13.7. The Hall–Kier alpha value is -3.85. The number of carbonyl (C=O) groups is 1. The van der Waals surface area contributed by atoms with Crippen LogP contribution >= 0.6 is 0 Å². The highest BCUT2D eigenvalue weighted by molar-refractivity contribution is 6.16. The lowest BCUT2D eigenvalue weighted by Gasteiger charge is -2.15. The number of rotatable bonds is 4. The van der Waals surface area contributed by atoms with Gasteiger partial charge in [0.25, 0.3) is 0 Å². The third kappa shape index (κ3) is 3.58. The van der Waals surface area contributed by atoms with Crippen LogP contribution in [-0.2, 0) is 0 Å². The second-order valence-electron chi connectivity index (χ2n) is 7.60. The molecule has 0 aliphatic heterocycles. The van der Waals surface area contributed by atoms with Gasteiger partial charge in [-0.2, -0.15) is 0 Å². The molecule has 4 N–H and O–H groups in total. The van der Waals surface area contributed by atoms with Crippen LogP contribution in [0.3, 0.4) is 0 Å². The van der Waals surface area contributed by atoms with E-state index in [4.69, 9.17) is 11.5 Å². The Morgan fingerprint density at radius 2 is 0.967 bits per heavy atom. The summed E-state index contributed by atoms with van der Waals surface area (Å²) in [6.07, 6.45) is 0. The molecule has 0 heterocycles. The third-order valence-corrected chi connectivity index (χ3v) is 5.34. The molecule has 0 atom stereocenters. The summed E-state index contributed by atoms with van der Waals surface area (Å²) in [7, 11) is 0. The number of carbonyl (C=O) groups excluding carboxylic acids is 1. The molecule has 3 nitrogen and oxygen atoms in total. The molecular weight excluding hydrogens is 368 g/mol. The van der Waals surface area contributed by atoms with E-state index in [0.29, 0.717) is 22.5 Å². The number of nitrogens with two attached hydrogens (primary N) is 2. The van der Waals surface area contributed by atoms with E-state index < -0.39 is 0 Å². The molecule has 0 unspecified atom stereocenters. The monoisotopic (exact) mass is 392 g/mol. The van der Waals surface area contributed by atoms with Gasteiger partial charge in [-0.3, -0.25) is 4.79 Å². The number of anilines is 2. The summed E-state index contributed by atoms with van der Waals surface area (Å²) in [5.41, 5.74) is 20.7. The summed E-state index contributed by atoms with van der Waals surface area (Å²) in [6, 6.07) is 27.0. The molecule has 0 saturated heterocycles. The minimum Gasteiger partial charge on any atom is -0.398 e. The zero-order chi connectivity index (χ0) is 21.3. The first-order valence-electron chi connectivity index (χ1n) is 9.91. The Morgan fingerprint density at radius 1 is 0.567 bits per heavy atom. The maximum Gasteiger partial charge on any atom is 0.194 e. The first kappa shape index (κ1) is 19.5. The molecule has 0 aliphatic rings. The summed E-state index contributed by atoms with van der Waals surface area (Å²) < 4.78 is 0. The minimum atomic E-state index is -0.0545. The normalized spacial score (nSPS) is 10.7. The quantitative estimate of drug-likeness (QED) is 0.329. The number of hydrogen-bond acceptors (Lipinski definition) is 3. The predicted molar refractivity (Wildman–Crippen MR) is 125 cm³/mol. The first-order valence-corrected chi connectivity index (χ1v) is 9.91. The highest BCUT2D eigenvalue weighted by Gasteiger charge is 2.20. The molecule has 3 heteroatoms. The van der Waals surface area contributed by atoms with Crippen LogP contribution in [0.2, 0.25) is 0 Å². The van der Waals surface area contributed by atoms with Crippen molar-refractivity contribution in [1.82, 2.24) is 0 Å². The fourth-order valence-electron chi connectivity index (χ4n) is 3.83. The van der Waals surface area contributed by atoms with Gasteiger partial charge in [0.2, 0.25) is 0 Å². The van der Waals surface area contributed by atoms with Gasteiger partial charge >= 0.3 is 0 Å². The second kappa shape index (κ2) is 7.88. The summed E-state index contributed by atoms with van der Waals surface area (Å²) in [5.74, 6) is -0.0545. The Morgan fingerprint density at radius 3 is 1.37 bits per heavy atom. The predicted octanol–water partition coefficient (Wildman–Crippen LogP) is 6.03. The molecule has 148 valence electrons. The van der Waals surface area contributed by atoms with Crippen LogP contribution in [0, 0.1) is 13.8 Å². The van der Waals surface area contributed by atoms with Gasteiger partial charge in [-0.05, 0) is 48.2 Å². The van der Waals surface area contributed by atoms with Crippen LogP contribution in [0.5, 0.6) is 0 Å². The Kier molecular flexibility index (Phi) is 5.11. The molecule has 0 aromatic heterocycles. The molecule has 0 amide bonds. The fraction of sp³-hybridized carbons (Fsp3) is 0.0741. The van der Waals surface area contributed by atoms with Gasteiger partial charge in [0.15, 0.2) is 5.78 Å². The van der Waals surface area contributed by atoms with Crippen molar-refractivity contribution in [3.63, 3.8) is 0 Å². The van der Waals surface area contributed by atoms with Gasteiger partial charge in [-0.25, -0.2) is 0 Å². The first-order chi connectivity index (χ1) is 14.5. The molecule has 0 saturated carbocycles. The molecule has 4 aromatic rings. The Labute approximate surface area is 177 Å². The average Bonchev–Trinajstić information content (AvgIpc) is 2.73. The number of aryl methyl sites for hydroxylation is 2. The lowest BCUT2D eigenvalue weighted by atomic mass is 9.89. The van der Waals surface area contributed by atoms with E-state index >= 15 is 0 Å². The van der Waals surface area contributed by atoms with Crippen molar-refractivity contribution in [2.24, 2.45) is 0 Å². The van der Waals surface area contributed by atoms with Gasteiger partial charge < -0.3 is 11.5 Å². The molecule has 4 rings (SSSR count). The molecule has 0 bridgehead atoms. The van der Waals surface area contributed by atoms with E-state index in [1.165, 1.54) is 0 Å². The topological polar surface area (TPSA) is 69.1 Å². The van der Waals surface area contributed by atoms with E-state index in [2.05, 4.69) is 0 Å². The number of hydrogen-bond donors (Lipinski definition) is 2. The molecule has 0 aliphatic carbocycles. The van der Waals surface area contributed by atoms with Crippen LogP contribution < -0.4 is 11.5 Å². The van der Waals surface area contributed by atoms with Crippen molar-refractivity contribution >= 4 is 17.2 Å². The minimum absolute atomic E-state index is 0.0545. The highest BCUT2D eigenvalue weighted by Crippen LogP contribution is 2.34. The van der Waals surface area contributed by atoms with Gasteiger partial charge in [0.1, 0.15) is 0 Å². The number of nitrogen functional groups attached to an aromatic ring is 2. The van der Waals surface area contributed by atoms with E-state index in [-0.39, 0.29) is 5.78 Å². The lowest BCUT2D eigenvalue weighted by molar-refractivity contribution is 0.104. The van der Waals surface area contributed by atoms with Crippen molar-refractivity contribution in [2.45, 2.75) is 13.8 Å². The van der Waals surface area contributed by atoms with Crippen molar-refractivity contribution in [2.75, 3.05) is 11.5 Å². The van der Waals surface area contributed by atoms with Gasteiger partial charge in [0, 0.05) is 33.6 Å². The fourth-order valence-corrected chi connectivity index (χ4v) is 3.83. The van der Waals surface area contributed by atoms with Crippen LogP contribution in [-0.4, -0.2) is 5.78 Å². The Bertz CT molecular complexity index is 1160. The lowest BCUT2D eigenvalue weighted by Crippen LogP contribution is -2.07. The van der Waals surface area contributed by atoms with Crippen LogP contribution in [0.1, 0.15) is 27.0 Å². The molecule has 4 aromatic carbocycles. The summed E-state index contributed by atoms with van der Waals surface area (Å²) in [4.78, 5) is 13.7. The smallest absolute Gasteiger partial charge is 0.194 e. The summed E-state index contributed by atoms with van der Waals surface area (Å²) in [6.45, 7) is 4.00. The number of benzene rings is 4. The maximum absolute atomic E-state index is 13.7. The van der Waals surface area contributed by atoms with Crippen molar-refractivity contribution < 1.29 is 4.79 Å². The molecule has 0 radical (unpaired) electrons. The van der Waals surface area contributed by atoms with Crippen molar-refractivity contribution in [3.8, 4) is 22.3 Å². The molecule has 30 heavy (non-hydrogen) atoms. The van der Waals surface area contributed by atoms with E-state index in [1.807, 2.05) is 98.8 Å². The highest BCUT2D eigenvalue weighted by atomic mass is 16.1. The van der Waals surface area contributed by atoms with Crippen LogP contribution in [0.25, 0.3) is 22.3 Å². The third-order valence-electron chi connectivity index (χ3n) is 5.34. The van der Waals surface area contributed by atoms with Gasteiger partial charge in [0.05, 0.1) is 0 Å².